The Kier molecular flexibility index (Phi) is 4.83. The lowest BCUT2D eigenvalue weighted by molar-refractivity contribution is 0.607. The Morgan fingerprint density at radius 3 is 2.22 bits per heavy atom. The predicted molar refractivity (Wildman–Crippen MR) is 47.3 cm³/mol. The van der Waals surface area contributed by atoms with Gasteiger partial charge in [0, 0.05) is 0 Å². The van der Waals surface area contributed by atoms with Crippen molar-refractivity contribution in [1.29, 1.82) is 0 Å². The summed E-state index contributed by atoms with van der Waals surface area (Å²) in [5.41, 5.74) is 0. The highest BCUT2D eigenvalue weighted by molar-refractivity contribution is 14.2. The molecule has 0 radical (unpaired) electrons. The van der Waals surface area contributed by atoms with Crippen molar-refractivity contribution in [3.05, 3.63) is 0 Å². The topological polar surface area (TPSA) is 34.1 Å². The standard InChI is InChI=1S/C5H11IO2S/c1-2-3-4-5-9(6,7)8/h2-5H2,1H3. The van der Waals surface area contributed by atoms with E-state index in [9.17, 15) is 8.42 Å². The minimum absolute atomic E-state index is 0.335. The van der Waals surface area contributed by atoms with Crippen LogP contribution >= 0.6 is 21.2 Å². The van der Waals surface area contributed by atoms with Gasteiger partial charge in [0.25, 0.3) is 0 Å². The summed E-state index contributed by atoms with van der Waals surface area (Å²) in [7, 11) is -2.73. The molecule has 0 spiro atoms. The van der Waals surface area contributed by atoms with E-state index in [2.05, 4.69) is 6.92 Å². The van der Waals surface area contributed by atoms with E-state index in [1.54, 1.807) is 0 Å². The normalized spacial score (nSPS) is 11.8. The first-order chi connectivity index (χ1) is 4.06. The largest absolute Gasteiger partial charge is 0.218 e. The molecule has 0 fully saturated rings. The zero-order valence-electron chi connectivity index (χ0n) is 5.43. The van der Waals surface area contributed by atoms with Crippen LogP contribution in [0, 0.1) is 0 Å². The molecule has 0 bridgehead atoms. The Hall–Kier alpha value is 0.680. The van der Waals surface area contributed by atoms with Gasteiger partial charge in [0.05, 0.1) is 27.0 Å². The van der Waals surface area contributed by atoms with Gasteiger partial charge in [-0.3, -0.25) is 0 Å². The van der Waals surface area contributed by atoms with Gasteiger partial charge in [-0.05, 0) is 6.42 Å². The molecule has 0 heterocycles. The highest BCUT2D eigenvalue weighted by Gasteiger charge is 2.01. The predicted octanol–water partition coefficient (Wildman–Crippen LogP) is 1.94. The summed E-state index contributed by atoms with van der Waals surface area (Å²) in [6, 6.07) is 0. The molecule has 0 atom stereocenters. The first-order valence-corrected chi connectivity index (χ1v) is 7.18. The molecule has 0 N–H and O–H groups in total. The van der Waals surface area contributed by atoms with Gasteiger partial charge in [-0.2, -0.15) is 0 Å². The van der Waals surface area contributed by atoms with Gasteiger partial charge in [-0.15, -0.1) is 0 Å². The summed E-state index contributed by atoms with van der Waals surface area (Å²) in [5.74, 6) is 0.335. The van der Waals surface area contributed by atoms with Crippen molar-refractivity contribution in [1.82, 2.24) is 0 Å². The molecule has 0 unspecified atom stereocenters. The second-order valence-corrected chi connectivity index (χ2v) is 7.46. The van der Waals surface area contributed by atoms with Crippen LogP contribution in [0.5, 0.6) is 0 Å². The molecule has 0 rings (SSSR count). The minimum Gasteiger partial charge on any atom is -0.218 e. The summed E-state index contributed by atoms with van der Waals surface area (Å²) < 4.78 is 21.0. The second kappa shape index (κ2) is 4.49. The third-order valence-corrected chi connectivity index (χ3v) is 3.09. The summed E-state index contributed by atoms with van der Waals surface area (Å²) in [4.78, 5) is 0. The summed E-state index contributed by atoms with van der Waals surface area (Å²) >= 11 is 1.49. The molecule has 0 amide bonds. The van der Waals surface area contributed by atoms with Gasteiger partial charge in [0.1, 0.15) is 0 Å². The first-order valence-electron chi connectivity index (χ1n) is 2.98. The van der Waals surface area contributed by atoms with Crippen molar-refractivity contribution in [3.8, 4) is 0 Å². The zero-order chi connectivity index (χ0) is 7.33. The van der Waals surface area contributed by atoms with Crippen LogP contribution in [0.2, 0.25) is 0 Å². The van der Waals surface area contributed by atoms with E-state index < -0.39 is 7.01 Å². The van der Waals surface area contributed by atoms with Crippen LogP contribution in [-0.2, 0) is 7.01 Å². The number of unbranched alkanes of at least 4 members (excludes halogenated alkanes) is 2. The minimum atomic E-state index is -2.73. The average Bonchev–Trinajstić information content (AvgIpc) is 1.63. The fourth-order valence-corrected chi connectivity index (χ4v) is 2.01. The van der Waals surface area contributed by atoms with Gasteiger partial charge in [-0.25, -0.2) is 8.42 Å². The van der Waals surface area contributed by atoms with Gasteiger partial charge >= 0.3 is 0 Å². The van der Waals surface area contributed by atoms with Gasteiger partial charge < -0.3 is 0 Å². The van der Waals surface area contributed by atoms with Gasteiger partial charge in [-0.1, -0.05) is 19.8 Å². The van der Waals surface area contributed by atoms with Crippen molar-refractivity contribution >= 4 is 28.2 Å². The fourth-order valence-electron chi connectivity index (χ4n) is 0.524. The monoisotopic (exact) mass is 262 g/mol. The quantitative estimate of drug-likeness (QED) is 0.441. The van der Waals surface area contributed by atoms with Crippen molar-refractivity contribution in [3.63, 3.8) is 0 Å². The summed E-state index contributed by atoms with van der Waals surface area (Å²) in [6.07, 6.45) is 2.90. The van der Waals surface area contributed by atoms with Crippen LogP contribution in [0.4, 0.5) is 0 Å². The van der Waals surface area contributed by atoms with Crippen LogP contribution in [0.1, 0.15) is 26.2 Å². The van der Waals surface area contributed by atoms with E-state index in [1.807, 2.05) is 0 Å². The molecule has 9 heavy (non-hydrogen) atoms. The molecule has 0 aromatic rings. The maximum Gasteiger partial charge on any atom is 0.203 e. The molecule has 0 saturated heterocycles. The van der Waals surface area contributed by atoms with Crippen molar-refractivity contribution in [2.45, 2.75) is 26.2 Å². The van der Waals surface area contributed by atoms with Crippen LogP contribution in [0.3, 0.4) is 0 Å². The van der Waals surface area contributed by atoms with E-state index in [1.165, 1.54) is 21.2 Å². The number of rotatable bonds is 4. The lowest BCUT2D eigenvalue weighted by Crippen LogP contribution is -1.94. The molecular weight excluding hydrogens is 251 g/mol. The van der Waals surface area contributed by atoms with Crippen molar-refractivity contribution < 1.29 is 8.42 Å². The highest BCUT2D eigenvalue weighted by Crippen LogP contribution is 2.05. The van der Waals surface area contributed by atoms with Gasteiger partial charge in [0.2, 0.25) is 7.01 Å². The molecule has 0 aliphatic rings. The molecule has 0 aromatic carbocycles. The van der Waals surface area contributed by atoms with E-state index in [0.717, 1.165) is 19.3 Å². The third-order valence-electron chi connectivity index (χ3n) is 0.992. The Balaban J connectivity index is 3.30. The van der Waals surface area contributed by atoms with Crippen LogP contribution in [0.25, 0.3) is 0 Å². The fraction of sp³-hybridized carbons (Fsp3) is 1.00. The van der Waals surface area contributed by atoms with E-state index in [-0.39, 0.29) is 0 Å². The molecule has 0 aliphatic carbocycles. The van der Waals surface area contributed by atoms with Crippen LogP contribution in [-0.4, -0.2) is 14.2 Å². The Labute approximate surface area is 68.5 Å². The zero-order valence-corrected chi connectivity index (χ0v) is 8.41. The molecule has 0 aliphatic heterocycles. The van der Waals surface area contributed by atoms with E-state index >= 15 is 0 Å². The lowest BCUT2D eigenvalue weighted by Gasteiger charge is -1.92. The smallest absolute Gasteiger partial charge is 0.203 e. The summed E-state index contributed by atoms with van der Waals surface area (Å²) in [5, 5.41) is 0. The lowest BCUT2D eigenvalue weighted by atomic mass is 10.3. The maximum atomic E-state index is 10.5. The van der Waals surface area contributed by atoms with Crippen molar-refractivity contribution in [2.24, 2.45) is 0 Å². The van der Waals surface area contributed by atoms with Crippen molar-refractivity contribution in [2.75, 3.05) is 5.75 Å². The first kappa shape index (κ1) is 9.68. The van der Waals surface area contributed by atoms with E-state index in [4.69, 9.17) is 0 Å². The molecule has 0 saturated carbocycles. The van der Waals surface area contributed by atoms with Gasteiger partial charge in [0.15, 0.2) is 0 Å². The molecular formula is C5H11IO2S. The number of hydrogen-bond acceptors (Lipinski definition) is 2. The van der Waals surface area contributed by atoms with E-state index in [0.29, 0.717) is 5.75 Å². The molecule has 56 valence electrons. The molecule has 4 heteroatoms. The SMILES string of the molecule is CCCCCS(=O)(=O)I. The average molecular weight is 262 g/mol. The third kappa shape index (κ3) is 8.68. The second-order valence-electron chi connectivity index (χ2n) is 1.95. The molecule has 0 aromatic heterocycles. The summed E-state index contributed by atoms with van der Waals surface area (Å²) in [6.45, 7) is 2.06. The number of hydrogen-bond donors (Lipinski definition) is 0. The highest BCUT2D eigenvalue weighted by atomic mass is 127. The Bertz CT molecular complexity index is 150. The molecule has 2 nitrogen and oxygen atoms in total. The van der Waals surface area contributed by atoms with Crippen LogP contribution < -0.4 is 0 Å². The number of halogens is 1. The van der Waals surface area contributed by atoms with Crippen LogP contribution in [0.15, 0.2) is 0 Å². The Morgan fingerprint density at radius 2 is 1.89 bits per heavy atom. The maximum absolute atomic E-state index is 10.5. The Morgan fingerprint density at radius 1 is 1.33 bits per heavy atom.